The summed E-state index contributed by atoms with van der Waals surface area (Å²) < 4.78 is 0. The molecule has 2 saturated heterocycles. The zero-order valence-corrected chi connectivity index (χ0v) is 11.3. The molecule has 2 rings (SSSR count). The minimum Gasteiger partial charge on any atom is -0.369 e. The van der Waals surface area contributed by atoms with Crippen molar-refractivity contribution in [2.24, 2.45) is 0 Å². The van der Waals surface area contributed by atoms with Gasteiger partial charge in [0.25, 0.3) is 34.8 Å². The van der Waals surface area contributed by atoms with Gasteiger partial charge in [-0.1, -0.05) is 6.08 Å². The molecule has 0 radical (unpaired) electrons. The molecule has 1 unspecified atom stereocenters. The Hall–Kier alpha value is -3.12. The van der Waals surface area contributed by atoms with Crippen molar-refractivity contribution in [1.82, 2.24) is 20.9 Å². The Bertz CT molecular complexity index is 666. The number of hydrogen-bond donors (Lipinski definition) is 5. The highest BCUT2D eigenvalue weighted by atomic mass is 16.4. The summed E-state index contributed by atoms with van der Waals surface area (Å²) in [7, 11) is 0. The van der Waals surface area contributed by atoms with Gasteiger partial charge in [0.05, 0.1) is 0 Å². The average molecular weight is 326 g/mol. The number of carbonyl (C=O) groups excluding carboxylic acids is 6. The first-order valence-corrected chi connectivity index (χ1v) is 6.00. The summed E-state index contributed by atoms with van der Waals surface area (Å²) in [5, 5.41) is 25.0. The number of nitrogens with one attached hydrogen (secondary N) is 3. The van der Waals surface area contributed by atoms with E-state index >= 15 is 0 Å². The second-order valence-corrected chi connectivity index (χ2v) is 4.62. The summed E-state index contributed by atoms with van der Waals surface area (Å²) >= 11 is 0. The Morgan fingerprint density at radius 1 is 0.913 bits per heavy atom. The number of nitrogens with zero attached hydrogens (tertiary/aromatic N) is 1. The van der Waals surface area contributed by atoms with Crippen LogP contribution in [0.2, 0.25) is 0 Å². The zero-order chi connectivity index (χ0) is 17.6. The molecule has 0 aliphatic carbocycles. The maximum atomic E-state index is 12.3. The molecule has 5 N–H and O–H groups in total. The van der Waals surface area contributed by atoms with E-state index in [2.05, 4.69) is 6.58 Å². The van der Waals surface area contributed by atoms with Crippen LogP contribution in [-0.2, 0) is 19.2 Å². The molecule has 0 aromatic heterocycles. The van der Waals surface area contributed by atoms with Gasteiger partial charge in [0, 0.05) is 6.54 Å². The van der Waals surface area contributed by atoms with Crippen LogP contribution in [0.4, 0.5) is 9.59 Å². The lowest BCUT2D eigenvalue weighted by atomic mass is 9.77. The minimum absolute atomic E-state index is 0.253. The van der Waals surface area contributed by atoms with Crippen molar-refractivity contribution in [3.05, 3.63) is 12.7 Å². The van der Waals surface area contributed by atoms with E-state index in [0.29, 0.717) is 0 Å². The van der Waals surface area contributed by atoms with E-state index in [4.69, 9.17) is 0 Å². The standard InChI is InChI=1S/C11H10N4O8/c1-2-3-15-7(19)11(23,6(18)14-9(15)21)10(22)4(16)12-8(20)13-5(10)17/h2,22-23H,1,3H2,(H,14,18,21)(H2,12,13,16,17,20). The molecule has 12 heteroatoms. The smallest absolute Gasteiger partial charge is 0.331 e. The van der Waals surface area contributed by atoms with E-state index in [1.54, 1.807) is 0 Å². The third-order valence-electron chi connectivity index (χ3n) is 3.30. The summed E-state index contributed by atoms with van der Waals surface area (Å²) in [6.45, 7) is 2.77. The fourth-order valence-corrected chi connectivity index (χ4v) is 2.10. The van der Waals surface area contributed by atoms with Crippen LogP contribution in [0.3, 0.4) is 0 Å². The number of urea groups is 2. The molecule has 1 atom stereocenters. The summed E-state index contributed by atoms with van der Waals surface area (Å²) in [6.07, 6.45) is 1.06. The van der Waals surface area contributed by atoms with Crippen LogP contribution in [0.15, 0.2) is 12.7 Å². The zero-order valence-electron chi connectivity index (χ0n) is 11.3. The van der Waals surface area contributed by atoms with Gasteiger partial charge in [-0.05, 0) is 0 Å². The van der Waals surface area contributed by atoms with Crippen LogP contribution >= 0.6 is 0 Å². The van der Waals surface area contributed by atoms with Crippen molar-refractivity contribution < 1.29 is 39.0 Å². The van der Waals surface area contributed by atoms with Gasteiger partial charge in [0.1, 0.15) is 0 Å². The molecule has 0 spiro atoms. The highest BCUT2D eigenvalue weighted by Gasteiger charge is 2.73. The van der Waals surface area contributed by atoms with Gasteiger partial charge in [-0.25, -0.2) is 9.59 Å². The fourth-order valence-electron chi connectivity index (χ4n) is 2.10. The molecule has 23 heavy (non-hydrogen) atoms. The Morgan fingerprint density at radius 3 is 1.87 bits per heavy atom. The van der Waals surface area contributed by atoms with E-state index in [1.165, 1.54) is 16.0 Å². The monoisotopic (exact) mass is 326 g/mol. The normalized spacial score (nSPS) is 27.3. The van der Waals surface area contributed by atoms with Crippen molar-refractivity contribution >= 4 is 35.7 Å². The van der Waals surface area contributed by atoms with E-state index in [0.717, 1.165) is 6.08 Å². The Balaban J connectivity index is 2.59. The van der Waals surface area contributed by atoms with Crippen molar-refractivity contribution in [3.63, 3.8) is 0 Å². The average Bonchev–Trinajstić information content (AvgIpc) is 2.46. The third kappa shape index (κ3) is 1.92. The predicted octanol–water partition coefficient (Wildman–Crippen LogP) is -3.92. The van der Waals surface area contributed by atoms with E-state index in [-0.39, 0.29) is 4.90 Å². The summed E-state index contributed by atoms with van der Waals surface area (Å²) in [5.74, 6) is -7.13. The number of barbiturate groups is 2. The molecule has 122 valence electrons. The van der Waals surface area contributed by atoms with Crippen molar-refractivity contribution in [2.75, 3.05) is 6.54 Å². The van der Waals surface area contributed by atoms with Gasteiger partial charge in [-0.15, -0.1) is 6.58 Å². The molecule has 0 aromatic carbocycles. The predicted molar refractivity (Wildman–Crippen MR) is 67.0 cm³/mol. The van der Waals surface area contributed by atoms with Gasteiger partial charge in [-0.2, -0.15) is 0 Å². The highest BCUT2D eigenvalue weighted by Crippen LogP contribution is 2.30. The lowest BCUT2D eigenvalue weighted by Crippen LogP contribution is -2.84. The number of amides is 8. The highest BCUT2D eigenvalue weighted by molar-refractivity contribution is 6.33. The molecule has 8 amide bonds. The summed E-state index contributed by atoms with van der Waals surface area (Å²) in [6, 6.07) is -2.57. The maximum absolute atomic E-state index is 12.3. The van der Waals surface area contributed by atoms with Gasteiger partial charge < -0.3 is 10.2 Å². The molecular formula is C11H10N4O8. The van der Waals surface area contributed by atoms with Crippen molar-refractivity contribution in [2.45, 2.75) is 11.2 Å². The topological polar surface area (TPSA) is 182 Å². The van der Waals surface area contributed by atoms with Crippen molar-refractivity contribution in [1.29, 1.82) is 0 Å². The molecule has 12 nitrogen and oxygen atoms in total. The second-order valence-electron chi connectivity index (χ2n) is 4.62. The number of aliphatic hydroxyl groups is 2. The van der Waals surface area contributed by atoms with Crippen LogP contribution < -0.4 is 16.0 Å². The quantitative estimate of drug-likeness (QED) is 0.257. The molecular weight excluding hydrogens is 316 g/mol. The van der Waals surface area contributed by atoms with Crippen molar-refractivity contribution in [3.8, 4) is 0 Å². The molecule has 0 aromatic rings. The Morgan fingerprint density at radius 2 is 1.39 bits per heavy atom. The lowest BCUT2D eigenvalue weighted by molar-refractivity contribution is -0.199. The van der Waals surface area contributed by atoms with Crippen LogP contribution in [0.5, 0.6) is 0 Å². The number of rotatable bonds is 3. The number of carbonyl (C=O) groups is 6. The molecule has 0 saturated carbocycles. The van der Waals surface area contributed by atoms with Crippen LogP contribution in [0, 0.1) is 0 Å². The molecule has 2 heterocycles. The molecule has 2 aliphatic heterocycles. The minimum atomic E-state index is -3.67. The second kappa shape index (κ2) is 4.96. The third-order valence-corrected chi connectivity index (χ3v) is 3.30. The van der Waals surface area contributed by atoms with Crippen LogP contribution in [0.25, 0.3) is 0 Å². The van der Waals surface area contributed by atoms with E-state index < -0.39 is 53.4 Å². The lowest BCUT2D eigenvalue weighted by Gasteiger charge is -2.43. The Labute approximate surface area is 127 Å². The molecule has 0 bridgehead atoms. The van der Waals surface area contributed by atoms with Gasteiger partial charge in [-0.3, -0.25) is 40.0 Å². The SMILES string of the molecule is C=CCN1C(=O)NC(=O)C(O)(C2(O)C(=O)NC(=O)NC2=O)C1=O. The Kier molecular flexibility index (Phi) is 3.51. The largest absolute Gasteiger partial charge is 0.369 e. The summed E-state index contributed by atoms with van der Waals surface area (Å²) in [4.78, 5) is 70.7. The van der Waals surface area contributed by atoms with Gasteiger partial charge in [0.15, 0.2) is 0 Å². The van der Waals surface area contributed by atoms with Gasteiger partial charge in [0.2, 0.25) is 0 Å². The van der Waals surface area contributed by atoms with Crippen LogP contribution in [-0.4, -0.2) is 68.6 Å². The van der Waals surface area contributed by atoms with Crippen LogP contribution in [0.1, 0.15) is 0 Å². The first-order valence-electron chi connectivity index (χ1n) is 6.00. The number of imide groups is 4. The molecule has 2 fully saturated rings. The first kappa shape index (κ1) is 16.3. The van der Waals surface area contributed by atoms with E-state index in [9.17, 15) is 39.0 Å². The first-order chi connectivity index (χ1) is 10.6. The maximum Gasteiger partial charge on any atom is 0.331 e. The molecule has 2 aliphatic rings. The fraction of sp³-hybridized carbons (Fsp3) is 0.273. The summed E-state index contributed by atoms with van der Waals surface area (Å²) in [5.41, 5.74) is -7.33. The van der Waals surface area contributed by atoms with E-state index in [1.807, 2.05) is 0 Å². The van der Waals surface area contributed by atoms with Gasteiger partial charge >= 0.3 is 12.1 Å². The number of hydrogen-bond acceptors (Lipinski definition) is 8.